The van der Waals surface area contributed by atoms with Gasteiger partial charge in [0.15, 0.2) is 12.5 Å². The van der Waals surface area contributed by atoms with Crippen molar-refractivity contribution < 1.29 is 28.7 Å². The lowest BCUT2D eigenvalue weighted by Crippen LogP contribution is -2.37. The third kappa shape index (κ3) is 11.2. The molecule has 1 atom stereocenters. The molecule has 2 amide bonds. The molecule has 53 heavy (non-hydrogen) atoms. The van der Waals surface area contributed by atoms with E-state index in [2.05, 4.69) is 32.8 Å². The number of hydrogen-bond acceptors (Lipinski definition) is 9. The van der Waals surface area contributed by atoms with E-state index in [4.69, 9.17) is 9.47 Å². The zero-order chi connectivity index (χ0) is 38.0. The van der Waals surface area contributed by atoms with Crippen molar-refractivity contribution >= 4 is 35.3 Å². The van der Waals surface area contributed by atoms with Gasteiger partial charge in [-0.25, -0.2) is 14.6 Å². The number of Topliss-reactive ketones (excluding diaryl/α,β-unsaturated/α-hetero) is 1. The molecule has 1 saturated carbocycles. The first-order chi connectivity index (χ1) is 25.4. The Labute approximate surface area is 312 Å². The summed E-state index contributed by atoms with van der Waals surface area (Å²) >= 11 is 0. The predicted molar refractivity (Wildman–Crippen MR) is 205 cm³/mol. The van der Waals surface area contributed by atoms with Crippen molar-refractivity contribution in [3.63, 3.8) is 0 Å². The molecule has 0 bridgehead atoms. The fraction of sp³-hybridized carbons (Fsp3) is 0.452. The predicted octanol–water partition coefficient (Wildman–Crippen LogP) is 8.35. The van der Waals surface area contributed by atoms with Crippen LogP contribution in [0.5, 0.6) is 0 Å². The molecule has 0 spiro atoms. The monoisotopic (exact) mass is 721 g/mol. The number of anilines is 1. The first kappa shape index (κ1) is 39.0. The van der Waals surface area contributed by atoms with Gasteiger partial charge in [-0.15, -0.1) is 5.11 Å². The number of carbonyl (C=O) groups is 4. The molecule has 1 aliphatic carbocycles. The van der Waals surface area contributed by atoms with Gasteiger partial charge in [-0.3, -0.25) is 9.59 Å². The number of carbonyl (C=O) groups excluding carboxylic acids is 4. The molecule has 5 rings (SSSR count). The molecule has 3 aromatic rings. The maximum Gasteiger partial charge on any atom is 0.407 e. The lowest BCUT2D eigenvalue weighted by Gasteiger charge is -2.29. The Bertz CT molecular complexity index is 1820. The zero-order valence-corrected chi connectivity index (χ0v) is 31.4. The molecule has 1 aliphatic heterocycles. The first-order valence-electron chi connectivity index (χ1n) is 18.6. The fourth-order valence-electron chi connectivity index (χ4n) is 6.82. The van der Waals surface area contributed by atoms with Crippen molar-refractivity contribution in [1.29, 1.82) is 0 Å². The Morgan fingerprint density at radius 1 is 0.887 bits per heavy atom. The number of aryl methyl sites for hydroxylation is 1. The number of nitrogens with one attached hydrogen (secondary N) is 2. The van der Waals surface area contributed by atoms with Crippen LogP contribution in [0.1, 0.15) is 93.8 Å². The minimum Gasteiger partial charge on any atom is -0.462 e. The van der Waals surface area contributed by atoms with Crippen LogP contribution in [-0.4, -0.2) is 55.0 Å². The lowest BCUT2D eigenvalue weighted by molar-refractivity contribution is -0.129. The molecule has 0 radical (unpaired) electrons. The van der Waals surface area contributed by atoms with Crippen LogP contribution in [0.15, 0.2) is 82.0 Å². The number of benzene rings is 3. The Hall–Kier alpha value is -5.19. The van der Waals surface area contributed by atoms with Crippen LogP contribution in [0.4, 0.5) is 10.5 Å². The molecule has 2 N–H and O–H groups in total. The highest BCUT2D eigenvalue weighted by Crippen LogP contribution is 2.32. The van der Waals surface area contributed by atoms with Crippen molar-refractivity contribution in [3.05, 3.63) is 89.0 Å². The highest BCUT2D eigenvalue weighted by Gasteiger charge is 2.31. The SMILES string of the molecule is CCOC(=O)c1ccc(CC)c(-c2ccc(C[C@H](CC(=O)C3CCC(CNC(=O)OC(C)(C)C)CC3)C(=O)Nc3ccc(C4=NCN=N4)cc3)cc2)c1. The summed E-state index contributed by atoms with van der Waals surface area (Å²) < 4.78 is 10.6. The van der Waals surface area contributed by atoms with E-state index in [-0.39, 0.29) is 35.9 Å². The molecular weight excluding hydrogens is 670 g/mol. The summed E-state index contributed by atoms with van der Waals surface area (Å²) in [7, 11) is 0. The van der Waals surface area contributed by atoms with E-state index in [1.165, 1.54) is 0 Å². The van der Waals surface area contributed by atoms with Gasteiger partial charge < -0.3 is 20.1 Å². The van der Waals surface area contributed by atoms with Gasteiger partial charge >= 0.3 is 12.1 Å². The van der Waals surface area contributed by atoms with Crippen molar-refractivity contribution in [1.82, 2.24) is 5.32 Å². The normalized spacial score (nSPS) is 17.4. The minimum absolute atomic E-state index is 0.0867. The fourth-order valence-corrected chi connectivity index (χ4v) is 6.82. The number of esters is 1. The number of aliphatic imine (C=N–C) groups is 1. The van der Waals surface area contributed by atoms with Crippen LogP contribution in [0.25, 0.3) is 11.1 Å². The van der Waals surface area contributed by atoms with Gasteiger partial charge in [0.05, 0.1) is 12.2 Å². The van der Waals surface area contributed by atoms with E-state index in [9.17, 15) is 19.2 Å². The standard InChI is InChI=1S/C42H51N5O6/c1-6-29-16-17-33(40(50)52-7-2)23-36(29)30-12-8-27(9-13-30)22-34(39(49)46-35-20-18-32(19-21-35)38-44-26-45-47-38)24-37(48)31-14-10-28(11-15-31)25-43-41(51)53-42(3,4)5/h8-9,12-13,16-21,23,28,31,34H,6-7,10-11,14-15,22,24-26H2,1-5H3,(H,43,51)(H,46,49)/t28?,31?,34-/m1/s1. The van der Waals surface area contributed by atoms with Gasteiger partial charge in [-0.2, -0.15) is 5.11 Å². The van der Waals surface area contributed by atoms with Crippen LogP contribution >= 0.6 is 0 Å². The van der Waals surface area contributed by atoms with Crippen LogP contribution in [-0.2, 0) is 31.9 Å². The summed E-state index contributed by atoms with van der Waals surface area (Å²) in [6.07, 6.45) is 3.94. The summed E-state index contributed by atoms with van der Waals surface area (Å²) in [4.78, 5) is 56.5. The van der Waals surface area contributed by atoms with Crippen molar-refractivity contribution in [2.45, 2.75) is 85.2 Å². The lowest BCUT2D eigenvalue weighted by atomic mass is 9.77. The van der Waals surface area contributed by atoms with Crippen LogP contribution in [0.2, 0.25) is 0 Å². The summed E-state index contributed by atoms with van der Waals surface area (Å²) in [5.41, 5.74) is 5.32. The van der Waals surface area contributed by atoms with Crippen LogP contribution < -0.4 is 10.6 Å². The number of hydrogen-bond donors (Lipinski definition) is 2. The van der Waals surface area contributed by atoms with Crippen molar-refractivity contribution in [3.8, 4) is 11.1 Å². The molecule has 2 aliphatic rings. The Kier molecular flexibility index (Phi) is 13.3. The molecule has 3 aromatic carbocycles. The maximum atomic E-state index is 13.9. The van der Waals surface area contributed by atoms with Gasteiger partial charge in [-0.05, 0) is 131 Å². The average Bonchev–Trinajstić information content (AvgIpc) is 3.69. The number of amides is 2. The number of rotatable bonds is 14. The van der Waals surface area contributed by atoms with E-state index in [1.807, 2.05) is 69.3 Å². The first-order valence-corrected chi connectivity index (χ1v) is 18.6. The molecular formula is C42H51N5O6. The van der Waals surface area contributed by atoms with E-state index in [1.54, 1.807) is 25.1 Å². The molecule has 1 fully saturated rings. The highest BCUT2D eigenvalue weighted by molar-refractivity contribution is 6.01. The van der Waals surface area contributed by atoms with Crippen molar-refractivity contribution in [2.75, 3.05) is 25.1 Å². The smallest absolute Gasteiger partial charge is 0.407 e. The maximum absolute atomic E-state index is 13.9. The van der Waals surface area contributed by atoms with Crippen LogP contribution in [0, 0.1) is 17.8 Å². The second kappa shape index (κ2) is 18.0. The Balaban J connectivity index is 1.27. The molecule has 280 valence electrons. The van der Waals surface area contributed by atoms with E-state index < -0.39 is 17.6 Å². The van der Waals surface area contributed by atoms with Crippen molar-refractivity contribution in [2.24, 2.45) is 33.0 Å². The third-order valence-electron chi connectivity index (χ3n) is 9.66. The average molecular weight is 722 g/mol. The van der Waals surface area contributed by atoms with Gasteiger partial charge in [0.1, 0.15) is 11.4 Å². The molecule has 1 heterocycles. The topological polar surface area (TPSA) is 148 Å². The van der Waals surface area contributed by atoms with E-state index in [0.29, 0.717) is 43.3 Å². The number of amidine groups is 1. The summed E-state index contributed by atoms with van der Waals surface area (Å²) in [6.45, 7) is 10.5. The number of ketones is 1. The van der Waals surface area contributed by atoms with E-state index in [0.717, 1.165) is 59.9 Å². The second-order valence-corrected chi connectivity index (χ2v) is 14.7. The van der Waals surface area contributed by atoms with Crippen LogP contribution in [0.3, 0.4) is 0 Å². The molecule has 11 heteroatoms. The molecule has 0 saturated heterocycles. The van der Waals surface area contributed by atoms with Gasteiger partial charge in [0, 0.05) is 36.1 Å². The number of nitrogens with zero attached hydrogens (tertiary/aromatic N) is 3. The van der Waals surface area contributed by atoms with Gasteiger partial charge in [0.25, 0.3) is 0 Å². The summed E-state index contributed by atoms with van der Waals surface area (Å²) in [6, 6.07) is 20.9. The Morgan fingerprint density at radius 3 is 2.21 bits per heavy atom. The molecule has 0 aromatic heterocycles. The van der Waals surface area contributed by atoms with E-state index >= 15 is 0 Å². The Morgan fingerprint density at radius 2 is 1.58 bits per heavy atom. The zero-order valence-electron chi connectivity index (χ0n) is 31.4. The third-order valence-corrected chi connectivity index (χ3v) is 9.66. The minimum atomic E-state index is -0.592. The summed E-state index contributed by atoms with van der Waals surface area (Å²) in [5.74, 6) is -0.387. The number of alkyl carbamates (subject to hydrolysis) is 1. The number of azo groups is 1. The van der Waals surface area contributed by atoms with Gasteiger partial charge in [-0.1, -0.05) is 37.3 Å². The highest BCUT2D eigenvalue weighted by atomic mass is 16.6. The largest absolute Gasteiger partial charge is 0.462 e. The summed E-state index contributed by atoms with van der Waals surface area (Å²) in [5, 5.41) is 13.8. The number of ether oxygens (including phenoxy) is 2. The quantitative estimate of drug-likeness (QED) is 0.160. The second-order valence-electron chi connectivity index (χ2n) is 14.7. The molecule has 0 unspecified atom stereocenters. The molecule has 11 nitrogen and oxygen atoms in total. The van der Waals surface area contributed by atoms with Gasteiger partial charge in [0.2, 0.25) is 5.91 Å².